The van der Waals surface area contributed by atoms with Gasteiger partial charge in [0.05, 0.1) is 0 Å². The van der Waals surface area contributed by atoms with E-state index >= 15 is 0 Å². The lowest BCUT2D eigenvalue weighted by atomic mass is 10.3. The molecule has 86 valence electrons. The predicted octanol–water partition coefficient (Wildman–Crippen LogP) is 3.48. The first-order valence-electron chi connectivity index (χ1n) is 5.09. The summed E-state index contributed by atoms with van der Waals surface area (Å²) in [5.74, 6) is 5.79. The summed E-state index contributed by atoms with van der Waals surface area (Å²) >= 11 is 0. The van der Waals surface area contributed by atoms with Crippen LogP contribution in [0.5, 0.6) is 0 Å². The molecule has 0 N–H and O–H groups in total. The van der Waals surface area contributed by atoms with Crippen molar-refractivity contribution in [1.29, 1.82) is 0 Å². The van der Waals surface area contributed by atoms with Crippen molar-refractivity contribution in [3.05, 3.63) is 61.5 Å². The van der Waals surface area contributed by atoms with E-state index in [1.807, 2.05) is 13.0 Å². The second-order valence-corrected chi connectivity index (χ2v) is 2.74. The molecule has 0 aliphatic heterocycles. The Kier molecular flexibility index (Phi) is 8.70. The Labute approximate surface area is 103 Å². The number of hydrogen-bond donors (Lipinski definition) is 0. The van der Waals surface area contributed by atoms with E-state index in [9.17, 15) is 0 Å². The van der Waals surface area contributed by atoms with Crippen LogP contribution in [0.2, 0.25) is 0 Å². The zero-order valence-corrected chi connectivity index (χ0v) is 10.1. The molecule has 0 aromatic carbocycles. The highest BCUT2D eigenvalue weighted by Gasteiger charge is 1.86. The molecule has 0 aliphatic rings. The van der Waals surface area contributed by atoms with Gasteiger partial charge in [-0.15, -0.1) is 0 Å². The minimum Gasteiger partial charge on any atom is -0.248 e. The number of nitrogens with zero attached hydrogens (tertiary/aromatic N) is 2. The fraction of sp³-hybridized carbons (Fsp3) is 0.0667. The van der Waals surface area contributed by atoms with Gasteiger partial charge < -0.3 is 0 Å². The van der Waals surface area contributed by atoms with Gasteiger partial charge in [0.15, 0.2) is 0 Å². The standard InChI is InChI=1S/C15H16N2/c1-5-9-15(17-13-7-3)11-10-14(8-4)16-12-6-2/h5-9,12-13H,1-3H2,4H3/b14-8-,15-9-,16-12?,17-13?. The lowest BCUT2D eigenvalue weighted by Gasteiger charge is -1.88. The van der Waals surface area contributed by atoms with Crippen molar-refractivity contribution in [2.24, 2.45) is 9.98 Å². The van der Waals surface area contributed by atoms with Gasteiger partial charge >= 0.3 is 0 Å². The van der Waals surface area contributed by atoms with Crippen LogP contribution in [-0.4, -0.2) is 12.4 Å². The van der Waals surface area contributed by atoms with Crippen LogP contribution < -0.4 is 0 Å². The minimum absolute atomic E-state index is 0.605. The molecule has 0 saturated carbocycles. The molecule has 0 amide bonds. The normalized spacial score (nSPS) is 12.3. The summed E-state index contributed by atoms with van der Waals surface area (Å²) in [4.78, 5) is 8.18. The molecule has 0 spiro atoms. The summed E-state index contributed by atoms with van der Waals surface area (Å²) in [6.07, 6.45) is 11.5. The molecule has 0 bridgehead atoms. The monoisotopic (exact) mass is 224 g/mol. The van der Waals surface area contributed by atoms with Crippen LogP contribution >= 0.6 is 0 Å². The van der Waals surface area contributed by atoms with Gasteiger partial charge in [-0.05, 0) is 24.8 Å². The summed E-state index contributed by atoms with van der Waals surface area (Å²) in [6, 6.07) is 0. The van der Waals surface area contributed by atoms with E-state index < -0.39 is 0 Å². The first-order valence-corrected chi connectivity index (χ1v) is 5.09. The molecule has 0 aromatic rings. The lowest BCUT2D eigenvalue weighted by Crippen LogP contribution is -1.77. The number of hydrogen-bond acceptors (Lipinski definition) is 2. The molecule has 0 fully saturated rings. The van der Waals surface area contributed by atoms with Crippen LogP contribution in [0.25, 0.3) is 0 Å². The van der Waals surface area contributed by atoms with E-state index in [4.69, 9.17) is 0 Å². The van der Waals surface area contributed by atoms with E-state index in [1.54, 1.807) is 36.7 Å². The summed E-state index contributed by atoms with van der Waals surface area (Å²) in [7, 11) is 0. The van der Waals surface area contributed by atoms with Gasteiger partial charge in [-0.2, -0.15) is 0 Å². The maximum atomic E-state index is 4.09. The predicted molar refractivity (Wildman–Crippen MR) is 77.2 cm³/mol. The average molecular weight is 224 g/mol. The van der Waals surface area contributed by atoms with Gasteiger partial charge in [0.1, 0.15) is 11.4 Å². The van der Waals surface area contributed by atoms with Crippen molar-refractivity contribution in [1.82, 2.24) is 0 Å². The van der Waals surface area contributed by atoms with Gasteiger partial charge in [0.2, 0.25) is 0 Å². The molecule has 0 aliphatic carbocycles. The molecule has 0 aromatic heterocycles. The molecule has 2 heteroatoms. The Morgan fingerprint density at radius 2 is 1.41 bits per heavy atom. The van der Waals surface area contributed by atoms with E-state index in [1.165, 1.54) is 0 Å². The van der Waals surface area contributed by atoms with Crippen molar-refractivity contribution in [3.63, 3.8) is 0 Å². The second kappa shape index (κ2) is 10.1. The molecule has 0 rings (SSSR count). The summed E-state index contributed by atoms with van der Waals surface area (Å²) in [6.45, 7) is 12.6. The number of aliphatic imine (C=N–C) groups is 2. The summed E-state index contributed by atoms with van der Waals surface area (Å²) in [5.41, 5.74) is 1.27. The molecule has 0 radical (unpaired) electrons. The maximum Gasteiger partial charge on any atom is 0.113 e. The molecule has 0 heterocycles. The smallest absolute Gasteiger partial charge is 0.113 e. The van der Waals surface area contributed by atoms with E-state index in [0.29, 0.717) is 11.4 Å². The Morgan fingerprint density at radius 1 is 0.882 bits per heavy atom. The van der Waals surface area contributed by atoms with Crippen molar-refractivity contribution >= 4 is 12.4 Å². The van der Waals surface area contributed by atoms with Gasteiger partial charge in [0.25, 0.3) is 0 Å². The number of rotatable bonds is 5. The van der Waals surface area contributed by atoms with Crippen LogP contribution in [0.15, 0.2) is 71.5 Å². The Hall–Kier alpha value is -2.40. The first kappa shape index (κ1) is 14.6. The SMILES string of the molecule is C=CC=N/C(C#C/C(=C/C=C)N=CC=C)=C\C. The van der Waals surface area contributed by atoms with Crippen LogP contribution in [-0.2, 0) is 0 Å². The fourth-order valence-electron chi connectivity index (χ4n) is 0.802. The maximum absolute atomic E-state index is 4.09. The highest BCUT2D eigenvalue weighted by molar-refractivity contribution is 5.73. The molecule has 0 unspecified atom stereocenters. The third-order valence-electron chi connectivity index (χ3n) is 1.51. The lowest BCUT2D eigenvalue weighted by molar-refractivity contribution is 1.42. The van der Waals surface area contributed by atoms with E-state index in [2.05, 4.69) is 41.6 Å². The Morgan fingerprint density at radius 3 is 1.88 bits per heavy atom. The van der Waals surface area contributed by atoms with Crippen LogP contribution in [0.1, 0.15) is 6.92 Å². The molecule has 2 nitrogen and oxygen atoms in total. The zero-order chi connectivity index (χ0) is 12.9. The summed E-state index contributed by atoms with van der Waals surface area (Å²) < 4.78 is 0. The molecule has 17 heavy (non-hydrogen) atoms. The average Bonchev–Trinajstić information content (AvgIpc) is 2.35. The van der Waals surface area contributed by atoms with Crippen molar-refractivity contribution in [2.75, 3.05) is 0 Å². The Balaban J connectivity index is 4.99. The highest BCUT2D eigenvalue weighted by atomic mass is 14.7. The van der Waals surface area contributed by atoms with Crippen molar-refractivity contribution < 1.29 is 0 Å². The van der Waals surface area contributed by atoms with Crippen LogP contribution in [0, 0.1) is 11.8 Å². The molecule has 0 saturated heterocycles. The minimum atomic E-state index is 0.605. The zero-order valence-electron chi connectivity index (χ0n) is 10.1. The van der Waals surface area contributed by atoms with E-state index in [0.717, 1.165) is 0 Å². The van der Waals surface area contributed by atoms with Crippen LogP contribution in [0.4, 0.5) is 0 Å². The topological polar surface area (TPSA) is 24.7 Å². The van der Waals surface area contributed by atoms with E-state index in [-0.39, 0.29) is 0 Å². The van der Waals surface area contributed by atoms with Gasteiger partial charge in [-0.3, -0.25) is 0 Å². The molecular formula is C15H16N2. The highest BCUT2D eigenvalue weighted by Crippen LogP contribution is 1.98. The fourth-order valence-corrected chi connectivity index (χ4v) is 0.802. The molecule has 0 atom stereocenters. The number of allylic oxidation sites excluding steroid dienone is 7. The van der Waals surface area contributed by atoms with Gasteiger partial charge in [0, 0.05) is 12.4 Å². The third-order valence-corrected chi connectivity index (χ3v) is 1.51. The summed E-state index contributed by atoms with van der Waals surface area (Å²) in [5, 5.41) is 0. The largest absolute Gasteiger partial charge is 0.248 e. The van der Waals surface area contributed by atoms with Gasteiger partial charge in [-0.25, -0.2) is 9.98 Å². The van der Waals surface area contributed by atoms with Crippen molar-refractivity contribution in [2.45, 2.75) is 6.92 Å². The van der Waals surface area contributed by atoms with Gasteiger partial charge in [-0.1, -0.05) is 44.0 Å². The Bertz CT molecular complexity index is 449. The van der Waals surface area contributed by atoms with Crippen LogP contribution in [0.3, 0.4) is 0 Å². The second-order valence-electron chi connectivity index (χ2n) is 2.74. The quantitative estimate of drug-likeness (QED) is 0.388. The molecular weight excluding hydrogens is 208 g/mol. The van der Waals surface area contributed by atoms with Crippen molar-refractivity contribution in [3.8, 4) is 11.8 Å². The third kappa shape index (κ3) is 7.52. The first-order chi connectivity index (χ1) is 8.28.